The molecule has 0 aliphatic rings. The van der Waals surface area contributed by atoms with Gasteiger partial charge in [0.25, 0.3) is 0 Å². The van der Waals surface area contributed by atoms with Crippen LogP contribution in [0.3, 0.4) is 0 Å². The minimum absolute atomic E-state index is 0.00446. The molecule has 0 fully saturated rings. The van der Waals surface area contributed by atoms with E-state index >= 15 is 0 Å². The molecule has 0 bridgehead atoms. The number of anilines is 1. The highest BCUT2D eigenvalue weighted by Crippen LogP contribution is 2.23. The molecule has 7 heteroatoms. The highest BCUT2D eigenvalue weighted by atomic mass is 32.2. The Morgan fingerprint density at radius 3 is 2.00 bits per heavy atom. The van der Waals surface area contributed by atoms with Crippen molar-refractivity contribution in [1.82, 2.24) is 5.32 Å². The number of aryl methyl sites for hydroxylation is 1. The number of carbonyl (C=O) groups excluding carboxylic acids is 1. The fraction of sp³-hybridized carbons (Fsp3) is 0.174. The van der Waals surface area contributed by atoms with Crippen LogP contribution in [-0.2, 0) is 14.8 Å². The second-order valence-electron chi connectivity index (χ2n) is 7.20. The monoisotopic (exact) mass is 423 g/mol. The third-order valence-corrected chi connectivity index (χ3v) is 5.73. The number of hydrogen-bond acceptors (Lipinski definition) is 4. The smallest absolute Gasteiger partial charge is 0.241 e. The molecule has 0 saturated carbocycles. The predicted octanol–water partition coefficient (Wildman–Crippen LogP) is 3.35. The van der Waals surface area contributed by atoms with Gasteiger partial charge in [0.1, 0.15) is 0 Å². The van der Waals surface area contributed by atoms with Crippen LogP contribution in [0.5, 0.6) is 0 Å². The molecule has 156 valence electrons. The number of nitrogens with one attached hydrogen (secondary N) is 2. The zero-order valence-corrected chi connectivity index (χ0v) is 17.7. The van der Waals surface area contributed by atoms with Gasteiger partial charge in [-0.25, -0.2) is 13.6 Å². The van der Waals surface area contributed by atoms with Gasteiger partial charge in [-0.1, -0.05) is 60.2 Å². The van der Waals surface area contributed by atoms with Crippen LogP contribution in [-0.4, -0.2) is 20.4 Å². The largest absolute Gasteiger partial charge is 0.325 e. The van der Waals surface area contributed by atoms with E-state index in [9.17, 15) is 13.2 Å². The van der Waals surface area contributed by atoms with E-state index in [1.807, 2.05) is 49.4 Å². The summed E-state index contributed by atoms with van der Waals surface area (Å²) in [7, 11) is -3.77. The van der Waals surface area contributed by atoms with Gasteiger partial charge >= 0.3 is 0 Å². The van der Waals surface area contributed by atoms with Gasteiger partial charge in [0.15, 0.2) is 0 Å². The maximum Gasteiger partial charge on any atom is 0.241 e. The molecule has 0 heterocycles. The first-order valence-corrected chi connectivity index (χ1v) is 11.1. The van der Waals surface area contributed by atoms with Crippen molar-refractivity contribution < 1.29 is 13.2 Å². The molecule has 2 atom stereocenters. The van der Waals surface area contributed by atoms with Gasteiger partial charge in [0.2, 0.25) is 15.9 Å². The number of benzene rings is 3. The van der Waals surface area contributed by atoms with Crippen LogP contribution in [0.1, 0.15) is 29.7 Å². The summed E-state index contributed by atoms with van der Waals surface area (Å²) in [5, 5.41) is 11.3. The Bertz CT molecular complexity index is 1100. The third-order valence-electron chi connectivity index (χ3n) is 4.80. The molecule has 30 heavy (non-hydrogen) atoms. The molecule has 0 radical (unpaired) electrons. The standard InChI is InChI=1S/C23H25N3O3S/c1-16-8-10-19(11-9-16)22(18-6-4-3-5-7-18)25-17(2)23(27)26-20-12-14-21(15-13-20)30(24,28)29/h3-15,17,22,25H,1-2H3,(H,26,27)(H2,24,28,29)/t17-,22-/m1/s1. The summed E-state index contributed by atoms with van der Waals surface area (Å²) >= 11 is 0. The van der Waals surface area contributed by atoms with E-state index in [4.69, 9.17) is 5.14 Å². The van der Waals surface area contributed by atoms with Crippen molar-refractivity contribution in [1.29, 1.82) is 0 Å². The number of carbonyl (C=O) groups is 1. The summed E-state index contributed by atoms with van der Waals surface area (Å²) < 4.78 is 22.7. The van der Waals surface area contributed by atoms with E-state index in [-0.39, 0.29) is 16.8 Å². The average molecular weight is 424 g/mol. The second kappa shape index (κ2) is 9.21. The number of primary sulfonamides is 1. The topological polar surface area (TPSA) is 101 Å². The van der Waals surface area contributed by atoms with Gasteiger partial charge in [0.05, 0.1) is 17.0 Å². The molecule has 3 rings (SSSR count). The molecule has 3 aromatic carbocycles. The fourth-order valence-corrected chi connectivity index (χ4v) is 3.61. The van der Waals surface area contributed by atoms with Gasteiger partial charge in [-0.15, -0.1) is 0 Å². The lowest BCUT2D eigenvalue weighted by molar-refractivity contribution is -0.117. The first-order valence-electron chi connectivity index (χ1n) is 9.55. The summed E-state index contributed by atoms with van der Waals surface area (Å²) in [6.45, 7) is 3.82. The van der Waals surface area contributed by atoms with Crippen LogP contribution in [0.25, 0.3) is 0 Å². The molecule has 0 aliphatic heterocycles. The van der Waals surface area contributed by atoms with Crippen LogP contribution in [0.2, 0.25) is 0 Å². The van der Waals surface area contributed by atoms with E-state index in [1.165, 1.54) is 29.8 Å². The average Bonchev–Trinajstić information content (AvgIpc) is 2.73. The number of nitrogens with two attached hydrogens (primary N) is 1. The van der Waals surface area contributed by atoms with Gasteiger partial charge in [-0.3, -0.25) is 10.1 Å². The van der Waals surface area contributed by atoms with Gasteiger partial charge in [-0.2, -0.15) is 0 Å². The summed E-state index contributed by atoms with van der Waals surface area (Å²) in [6, 6.07) is 23.2. The van der Waals surface area contributed by atoms with Crippen LogP contribution >= 0.6 is 0 Å². The number of rotatable bonds is 7. The van der Waals surface area contributed by atoms with Gasteiger partial charge in [-0.05, 0) is 49.2 Å². The summed E-state index contributed by atoms with van der Waals surface area (Å²) in [6.07, 6.45) is 0. The highest BCUT2D eigenvalue weighted by molar-refractivity contribution is 7.89. The molecule has 1 amide bonds. The van der Waals surface area contributed by atoms with Crippen LogP contribution in [0.15, 0.2) is 83.8 Å². The fourth-order valence-electron chi connectivity index (χ4n) is 3.09. The molecular formula is C23H25N3O3S. The third kappa shape index (κ3) is 5.54. The Kier molecular flexibility index (Phi) is 6.66. The summed E-state index contributed by atoms with van der Waals surface area (Å²) in [4.78, 5) is 12.7. The lowest BCUT2D eigenvalue weighted by atomic mass is 9.97. The quantitative estimate of drug-likeness (QED) is 0.542. The van der Waals surface area contributed by atoms with E-state index in [1.54, 1.807) is 6.92 Å². The van der Waals surface area contributed by atoms with E-state index in [0.29, 0.717) is 5.69 Å². The maximum absolute atomic E-state index is 12.7. The lowest BCUT2D eigenvalue weighted by Gasteiger charge is -2.24. The van der Waals surface area contributed by atoms with Crippen molar-refractivity contribution in [3.05, 3.63) is 95.6 Å². The molecule has 4 N–H and O–H groups in total. The van der Waals surface area contributed by atoms with Crippen molar-refractivity contribution in [2.24, 2.45) is 5.14 Å². The Morgan fingerprint density at radius 1 is 0.867 bits per heavy atom. The predicted molar refractivity (Wildman–Crippen MR) is 119 cm³/mol. The molecule has 0 unspecified atom stereocenters. The van der Waals surface area contributed by atoms with Crippen LogP contribution in [0, 0.1) is 6.92 Å². The van der Waals surface area contributed by atoms with Crippen LogP contribution in [0.4, 0.5) is 5.69 Å². The van der Waals surface area contributed by atoms with Crippen molar-refractivity contribution in [3.63, 3.8) is 0 Å². The maximum atomic E-state index is 12.7. The minimum atomic E-state index is -3.77. The Labute approximate surface area is 177 Å². The Hall–Kier alpha value is -3.00. The molecular weight excluding hydrogens is 398 g/mol. The van der Waals surface area contributed by atoms with Gasteiger partial charge in [0, 0.05) is 5.69 Å². The van der Waals surface area contributed by atoms with E-state index in [0.717, 1.165) is 11.1 Å². The normalized spacial score (nSPS) is 13.4. The number of hydrogen-bond donors (Lipinski definition) is 3. The number of amides is 1. The SMILES string of the molecule is Cc1ccc([C@H](N[C@H](C)C(=O)Nc2ccc(S(N)(=O)=O)cc2)c2ccccc2)cc1. The lowest BCUT2D eigenvalue weighted by Crippen LogP contribution is -2.40. The van der Waals surface area contributed by atoms with Crippen molar-refractivity contribution >= 4 is 21.6 Å². The molecule has 3 aromatic rings. The van der Waals surface area contributed by atoms with Gasteiger partial charge < -0.3 is 5.32 Å². The molecule has 0 aliphatic carbocycles. The van der Waals surface area contributed by atoms with Crippen molar-refractivity contribution in [2.75, 3.05) is 5.32 Å². The first kappa shape index (κ1) is 21.7. The summed E-state index contributed by atoms with van der Waals surface area (Å²) in [5.41, 5.74) is 3.77. The zero-order chi connectivity index (χ0) is 21.7. The Balaban J connectivity index is 1.75. The van der Waals surface area contributed by atoms with Crippen LogP contribution < -0.4 is 15.8 Å². The zero-order valence-electron chi connectivity index (χ0n) is 16.9. The molecule has 6 nitrogen and oxygen atoms in total. The number of sulfonamides is 1. The van der Waals surface area contributed by atoms with E-state index in [2.05, 4.69) is 22.8 Å². The summed E-state index contributed by atoms with van der Waals surface area (Å²) in [5.74, 6) is -0.230. The minimum Gasteiger partial charge on any atom is -0.325 e. The van der Waals surface area contributed by atoms with E-state index < -0.39 is 16.1 Å². The first-order chi connectivity index (χ1) is 14.2. The molecule has 0 spiro atoms. The molecule has 0 saturated heterocycles. The molecule has 0 aromatic heterocycles. The van der Waals surface area contributed by atoms with Crippen molar-refractivity contribution in [2.45, 2.75) is 30.8 Å². The van der Waals surface area contributed by atoms with Crippen molar-refractivity contribution in [3.8, 4) is 0 Å². The highest BCUT2D eigenvalue weighted by Gasteiger charge is 2.21. The Morgan fingerprint density at radius 2 is 1.43 bits per heavy atom. The second-order valence-corrected chi connectivity index (χ2v) is 8.76.